The van der Waals surface area contributed by atoms with Crippen molar-refractivity contribution < 1.29 is 22.7 Å². The standard InChI is InChI=1S/C19H21ClN2O5S/c1-13-4-5-14(2)17(10-13)21-18(23)12-27-19(24)11-22(3)28(25,26)16-8-6-15(20)7-9-16/h4-10H,11-12H2,1-3H3,(H,21,23). The number of nitrogens with one attached hydrogen (secondary N) is 1. The van der Waals surface area contributed by atoms with Gasteiger partial charge < -0.3 is 10.1 Å². The predicted molar refractivity (Wildman–Crippen MR) is 107 cm³/mol. The molecule has 2 aromatic carbocycles. The van der Waals surface area contributed by atoms with E-state index in [1.54, 1.807) is 0 Å². The lowest BCUT2D eigenvalue weighted by molar-refractivity contribution is -0.147. The second-order valence-corrected chi connectivity index (χ2v) is 8.72. The SMILES string of the molecule is Cc1ccc(C)c(NC(=O)COC(=O)CN(C)S(=O)(=O)c2ccc(Cl)cc2)c1. The number of halogens is 1. The summed E-state index contributed by atoms with van der Waals surface area (Å²) in [5, 5.41) is 3.06. The number of hydrogen-bond acceptors (Lipinski definition) is 5. The highest BCUT2D eigenvalue weighted by molar-refractivity contribution is 7.89. The van der Waals surface area contributed by atoms with Gasteiger partial charge in [0.1, 0.15) is 6.54 Å². The zero-order chi connectivity index (χ0) is 20.9. The van der Waals surface area contributed by atoms with E-state index < -0.39 is 35.1 Å². The summed E-state index contributed by atoms with van der Waals surface area (Å²) in [6, 6.07) is 11.2. The fourth-order valence-corrected chi connectivity index (χ4v) is 3.54. The maximum absolute atomic E-state index is 12.4. The summed E-state index contributed by atoms with van der Waals surface area (Å²) in [5.41, 5.74) is 2.48. The van der Waals surface area contributed by atoms with Crippen LogP contribution in [-0.2, 0) is 24.3 Å². The highest BCUT2D eigenvalue weighted by atomic mass is 35.5. The molecule has 0 saturated carbocycles. The number of likely N-dealkylation sites (N-methyl/N-ethyl adjacent to an activating group) is 1. The van der Waals surface area contributed by atoms with Crippen molar-refractivity contribution in [2.45, 2.75) is 18.7 Å². The maximum atomic E-state index is 12.4. The molecule has 0 saturated heterocycles. The van der Waals surface area contributed by atoms with Gasteiger partial charge in [-0.15, -0.1) is 0 Å². The number of ether oxygens (including phenoxy) is 1. The summed E-state index contributed by atoms with van der Waals surface area (Å²) in [5.74, 6) is -1.35. The second-order valence-electron chi connectivity index (χ2n) is 6.24. The van der Waals surface area contributed by atoms with Crippen LogP contribution < -0.4 is 5.32 Å². The normalized spacial score (nSPS) is 11.3. The molecule has 2 rings (SSSR count). The molecule has 1 N–H and O–H groups in total. The molecule has 0 bridgehead atoms. The molecular weight excluding hydrogens is 404 g/mol. The number of esters is 1. The first-order valence-corrected chi connectivity index (χ1v) is 10.2. The van der Waals surface area contributed by atoms with Crippen LogP contribution in [0.4, 0.5) is 5.69 Å². The largest absolute Gasteiger partial charge is 0.455 e. The van der Waals surface area contributed by atoms with Gasteiger partial charge in [0.25, 0.3) is 5.91 Å². The Morgan fingerprint density at radius 1 is 1.11 bits per heavy atom. The van der Waals surface area contributed by atoms with E-state index in [1.807, 2.05) is 32.0 Å². The number of carbonyl (C=O) groups excluding carboxylic acids is 2. The third-order valence-corrected chi connectivity index (χ3v) is 5.97. The number of benzene rings is 2. The van der Waals surface area contributed by atoms with Crippen LogP contribution in [0.15, 0.2) is 47.4 Å². The Bertz CT molecular complexity index is 974. The second kappa shape index (κ2) is 9.18. The molecule has 0 aliphatic rings. The van der Waals surface area contributed by atoms with Crippen LogP contribution >= 0.6 is 11.6 Å². The van der Waals surface area contributed by atoms with Gasteiger partial charge in [-0.2, -0.15) is 4.31 Å². The van der Waals surface area contributed by atoms with E-state index in [0.717, 1.165) is 15.4 Å². The van der Waals surface area contributed by atoms with E-state index in [9.17, 15) is 18.0 Å². The highest BCUT2D eigenvalue weighted by Crippen LogP contribution is 2.18. The van der Waals surface area contributed by atoms with E-state index in [2.05, 4.69) is 5.32 Å². The lowest BCUT2D eigenvalue weighted by Crippen LogP contribution is -2.34. The fourth-order valence-electron chi connectivity index (χ4n) is 2.30. The Kier molecular flexibility index (Phi) is 7.17. The average Bonchev–Trinajstić information content (AvgIpc) is 2.63. The van der Waals surface area contributed by atoms with Crippen molar-refractivity contribution >= 4 is 39.2 Å². The number of rotatable bonds is 7. The third-order valence-electron chi connectivity index (χ3n) is 3.90. The number of hydrogen-bond donors (Lipinski definition) is 1. The lowest BCUT2D eigenvalue weighted by Gasteiger charge is -2.16. The topological polar surface area (TPSA) is 92.8 Å². The van der Waals surface area contributed by atoms with Crippen LogP contribution in [0.25, 0.3) is 0 Å². The van der Waals surface area contributed by atoms with Gasteiger partial charge in [-0.3, -0.25) is 9.59 Å². The first-order chi connectivity index (χ1) is 13.1. The summed E-state index contributed by atoms with van der Waals surface area (Å²) in [6.07, 6.45) is 0. The molecule has 9 heteroatoms. The minimum atomic E-state index is -3.87. The summed E-state index contributed by atoms with van der Waals surface area (Å²) >= 11 is 5.75. The molecule has 0 heterocycles. The number of nitrogens with zero attached hydrogens (tertiary/aromatic N) is 1. The summed E-state index contributed by atoms with van der Waals surface area (Å²) in [7, 11) is -2.62. The smallest absolute Gasteiger partial charge is 0.321 e. The Labute approximate surface area is 169 Å². The van der Waals surface area contributed by atoms with Gasteiger partial charge in [-0.05, 0) is 55.3 Å². The zero-order valence-corrected chi connectivity index (χ0v) is 17.3. The van der Waals surface area contributed by atoms with Crippen LogP contribution in [0, 0.1) is 13.8 Å². The quantitative estimate of drug-likeness (QED) is 0.690. The van der Waals surface area contributed by atoms with E-state index in [4.69, 9.17) is 16.3 Å². The Morgan fingerprint density at radius 2 is 1.75 bits per heavy atom. The molecule has 0 radical (unpaired) electrons. The number of carbonyl (C=O) groups is 2. The molecule has 2 aromatic rings. The van der Waals surface area contributed by atoms with Gasteiger partial charge in [0, 0.05) is 17.8 Å². The van der Waals surface area contributed by atoms with Crippen LogP contribution in [0.2, 0.25) is 5.02 Å². The van der Waals surface area contributed by atoms with Crippen molar-refractivity contribution in [3.63, 3.8) is 0 Å². The molecule has 0 atom stereocenters. The monoisotopic (exact) mass is 424 g/mol. The maximum Gasteiger partial charge on any atom is 0.321 e. The van der Waals surface area contributed by atoms with Crippen molar-refractivity contribution in [3.8, 4) is 0 Å². The molecule has 150 valence electrons. The molecule has 0 aromatic heterocycles. The van der Waals surface area contributed by atoms with Crippen molar-refractivity contribution in [2.75, 3.05) is 25.5 Å². The van der Waals surface area contributed by atoms with E-state index in [1.165, 1.54) is 31.3 Å². The minimum absolute atomic E-state index is 0.000124. The number of aryl methyl sites for hydroxylation is 2. The van der Waals surface area contributed by atoms with Crippen molar-refractivity contribution in [2.24, 2.45) is 0 Å². The van der Waals surface area contributed by atoms with Crippen molar-refractivity contribution in [3.05, 3.63) is 58.6 Å². The molecule has 0 unspecified atom stereocenters. The van der Waals surface area contributed by atoms with Gasteiger partial charge in [0.15, 0.2) is 6.61 Å². The number of anilines is 1. The van der Waals surface area contributed by atoms with Crippen LogP contribution in [-0.4, -0.2) is 44.8 Å². The molecule has 7 nitrogen and oxygen atoms in total. The highest BCUT2D eigenvalue weighted by Gasteiger charge is 2.23. The number of amides is 1. The Balaban J connectivity index is 1.90. The first kappa shape index (κ1) is 21.9. The van der Waals surface area contributed by atoms with E-state index in [-0.39, 0.29) is 4.90 Å². The molecule has 0 aliphatic heterocycles. The van der Waals surface area contributed by atoms with Crippen molar-refractivity contribution in [1.29, 1.82) is 0 Å². The van der Waals surface area contributed by atoms with E-state index >= 15 is 0 Å². The molecule has 0 fully saturated rings. The van der Waals surface area contributed by atoms with Gasteiger partial charge in [-0.25, -0.2) is 8.42 Å². The Hall–Kier alpha value is -2.42. The van der Waals surface area contributed by atoms with Crippen LogP contribution in [0.1, 0.15) is 11.1 Å². The minimum Gasteiger partial charge on any atom is -0.455 e. The summed E-state index contributed by atoms with van der Waals surface area (Å²) in [4.78, 5) is 23.9. The molecule has 1 amide bonds. The van der Waals surface area contributed by atoms with Gasteiger partial charge in [0.05, 0.1) is 4.90 Å². The Morgan fingerprint density at radius 3 is 2.39 bits per heavy atom. The molecule has 0 aliphatic carbocycles. The third kappa shape index (κ3) is 5.79. The zero-order valence-electron chi connectivity index (χ0n) is 15.7. The fraction of sp³-hybridized carbons (Fsp3) is 0.263. The molecule has 0 spiro atoms. The molecular formula is C19H21ClN2O5S. The van der Waals surface area contributed by atoms with Gasteiger partial charge in [-0.1, -0.05) is 23.7 Å². The lowest BCUT2D eigenvalue weighted by atomic mass is 10.1. The predicted octanol–water partition coefficient (Wildman–Crippen LogP) is 2.76. The van der Waals surface area contributed by atoms with E-state index in [0.29, 0.717) is 10.7 Å². The van der Waals surface area contributed by atoms with Crippen LogP contribution in [0.3, 0.4) is 0 Å². The van der Waals surface area contributed by atoms with Crippen LogP contribution in [0.5, 0.6) is 0 Å². The average molecular weight is 425 g/mol. The first-order valence-electron chi connectivity index (χ1n) is 8.34. The van der Waals surface area contributed by atoms with Gasteiger partial charge >= 0.3 is 5.97 Å². The van der Waals surface area contributed by atoms with Gasteiger partial charge in [0.2, 0.25) is 10.0 Å². The summed E-state index contributed by atoms with van der Waals surface area (Å²) in [6.45, 7) is 2.70. The molecule has 28 heavy (non-hydrogen) atoms. The van der Waals surface area contributed by atoms with Crippen molar-refractivity contribution in [1.82, 2.24) is 4.31 Å². The number of sulfonamides is 1. The summed E-state index contributed by atoms with van der Waals surface area (Å²) < 4.78 is 30.6.